The standard InChI is InChI=1S/C18H20F2N6OS/c1-9-14(20)15(27-2)24-17(23-9)26-6-10-7-28-16(22)25-18(10,8-26)12-5-11(21)3-4-13(12)19/h3-5,10H,6-8,21H2,1-2H3,(H2,22,25). The van der Waals surface area contributed by atoms with Crippen molar-refractivity contribution in [3.63, 3.8) is 0 Å². The van der Waals surface area contributed by atoms with Crippen LogP contribution >= 0.6 is 11.8 Å². The van der Waals surface area contributed by atoms with E-state index < -0.39 is 17.2 Å². The number of nitrogens with two attached hydrogens (primary N) is 2. The van der Waals surface area contributed by atoms with Crippen molar-refractivity contribution < 1.29 is 13.5 Å². The van der Waals surface area contributed by atoms with Crippen molar-refractivity contribution in [3.05, 3.63) is 41.1 Å². The van der Waals surface area contributed by atoms with E-state index in [9.17, 15) is 8.78 Å². The molecule has 10 heteroatoms. The first-order chi connectivity index (χ1) is 13.3. The number of aliphatic imine (C=N–C) groups is 1. The quantitative estimate of drug-likeness (QED) is 0.752. The second-order valence-electron chi connectivity index (χ2n) is 6.93. The average molecular weight is 406 g/mol. The zero-order valence-electron chi connectivity index (χ0n) is 15.4. The lowest BCUT2D eigenvalue weighted by atomic mass is 9.81. The van der Waals surface area contributed by atoms with Gasteiger partial charge in [0.05, 0.1) is 19.3 Å². The van der Waals surface area contributed by atoms with Crippen LogP contribution in [0.4, 0.5) is 20.4 Å². The van der Waals surface area contributed by atoms with E-state index in [-0.39, 0.29) is 17.5 Å². The molecule has 2 aliphatic heterocycles. The molecule has 1 aromatic heterocycles. The summed E-state index contributed by atoms with van der Waals surface area (Å²) in [6, 6.07) is 4.46. The van der Waals surface area contributed by atoms with Gasteiger partial charge in [-0.3, -0.25) is 0 Å². The molecule has 2 unspecified atom stereocenters. The topological polar surface area (TPSA) is 103 Å². The number of benzene rings is 1. The SMILES string of the molecule is COc1nc(N2CC3CSC(N)=NC3(c3cc(N)ccc3F)C2)nc(C)c1F. The Hall–Kier alpha value is -2.62. The highest BCUT2D eigenvalue weighted by Crippen LogP contribution is 2.47. The summed E-state index contributed by atoms with van der Waals surface area (Å²) in [5.41, 5.74) is 12.1. The molecule has 1 fully saturated rings. The van der Waals surface area contributed by atoms with Crippen LogP contribution in [0.3, 0.4) is 0 Å². The highest BCUT2D eigenvalue weighted by Gasteiger charge is 2.52. The Morgan fingerprint density at radius 3 is 2.82 bits per heavy atom. The summed E-state index contributed by atoms with van der Waals surface area (Å²) in [6.45, 7) is 2.37. The van der Waals surface area contributed by atoms with E-state index in [1.165, 1.54) is 31.0 Å². The molecule has 1 saturated heterocycles. The van der Waals surface area contributed by atoms with Crippen LogP contribution in [0.25, 0.3) is 0 Å². The summed E-state index contributed by atoms with van der Waals surface area (Å²) in [7, 11) is 1.35. The number of hydrogen-bond donors (Lipinski definition) is 2. The van der Waals surface area contributed by atoms with Gasteiger partial charge in [0, 0.05) is 29.5 Å². The van der Waals surface area contributed by atoms with E-state index in [0.29, 0.717) is 41.2 Å². The van der Waals surface area contributed by atoms with Crippen LogP contribution in [0, 0.1) is 24.5 Å². The molecule has 0 aliphatic carbocycles. The summed E-state index contributed by atoms with van der Waals surface area (Å²) in [5, 5.41) is 0.397. The van der Waals surface area contributed by atoms with E-state index in [0.717, 1.165) is 0 Å². The van der Waals surface area contributed by atoms with Crippen LogP contribution in [-0.2, 0) is 5.54 Å². The molecule has 0 radical (unpaired) electrons. The highest BCUT2D eigenvalue weighted by atomic mass is 32.2. The third-order valence-corrected chi connectivity index (χ3v) is 6.15. The van der Waals surface area contributed by atoms with Gasteiger partial charge in [-0.1, -0.05) is 11.8 Å². The lowest BCUT2D eigenvalue weighted by molar-refractivity contribution is 0.364. The fourth-order valence-corrected chi connectivity index (χ4v) is 4.80. The molecule has 2 aromatic rings. The van der Waals surface area contributed by atoms with Gasteiger partial charge in [-0.25, -0.2) is 14.4 Å². The molecule has 2 atom stereocenters. The maximum atomic E-state index is 14.8. The summed E-state index contributed by atoms with van der Waals surface area (Å²) >= 11 is 1.43. The van der Waals surface area contributed by atoms with Crippen molar-refractivity contribution in [2.24, 2.45) is 16.6 Å². The largest absolute Gasteiger partial charge is 0.479 e. The first kappa shape index (κ1) is 18.7. The number of thioether (sulfide) groups is 1. The maximum Gasteiger partial charge on any atom is 0.255 e. The molecule has 4 rings (SSSR count). The lowest BCUT2D eigenvalue weighted by Gasteiger charge is -2.34. The number of nitrogen functional groups attached to an aromatic ring is 1. The number of aryl methyl sites for hydroxylation is 1. The van der Waals surface area contributed by atoms with E-state index in [4.69, 9.17) is 16.2 Å². The summed E-state index contributed by atoms with van der Waals surface area (Å²) in [6.07, 6.45) is 0. The van der Waals surface area contributed by atoms with Crippen molar-refractivity contribution in [2.75, 3.05) is 36.6 Å². The van der Waals surface area contributed by atoms with E-state index >= 15 is 0 Å². The van der Waals surface area contributed by atoms with Crippen LogP contribution < -0.4 is 21.1 Å². The number of hydrogen-bond acceptors (Lipinski definition) is 8. The Labute approximate surface area is 165 Å². The van der Waals surface area contributed by atoms with Crippen molar-refractivity contribution >= 4 is 28.6 Å². The number of ether oxygens (including phenoxy) is 1. The van der Waals surface area contributed by atoms with Gasteiger partial charge in [0.25, 0.3) is 5.88 Å². The Morgan fingerprint density at radius 1 is 1.29 bits per heavy atom. The second-order valence-corrected chi connectivity index (χ2v) is 7.97. The van der Waals surface area contributed by atoms with E-state index in [1.54, 1.807) is 13.0 Å². The zero-order chi connectivity index (χ0) is 20.1. The first-order valence-corrected chi connectivity index (χ1v) is 9.69. The Bertz CT molecular complexity index is 971. The molecule has 7 nitrogen and oxygen atoms in total. The van der Waals surface area contributed by atoms with Gasteiger partial charge in [-0.05, 0) is 25.1 Å². The van der Waals surface area contributed by atoms with Gasteiger partial charge in [0.15, 0.2) is 5.17 Å². The number of anilines is 2. The molecule has 148 valence electrons. The predicted octanol–water partition coefficient (Wildman–Crippen LogP) is 2.05. The smallest absolute Gasteiger partial charge is 0.255 e. The molecule has 3 heterocycles. The van der Waals surface area contributed by atoms with Gasteiger partial charge >= 0.3 is 0 Å². The second kappa shape index (κ2) is 6.77. The number of amidine groups is 1. The van der Waals surface area contributed by atoms with Crippen LogP contribution in [-0.4, -0.2) is 41.1 Å². The van der Waals surface area contributed by atoms with Crippen LogP contribution in [0.15, 0.2) is 23.2 Å². The average Bonchev–Trinajstić information content (AvgIpc) is 3.05. The molecular weight excluding hydrogens is 386 g/mol. The van der Waals surface area contributed by atoms with Crippen molar-refractivity contribution in [2.45, 2.75) is 12.5 Å². The molecule has 2 aliphatic rings. The third kappa shape index (κ3) is 2.92. The number of nitrogens with zero attached hydrogens (tertiary/aromatic N) is 4. The fraction of sp³-hybridized carbons (Fsp3) is 0.389. The van der Waals surface area contributed by atoms with Gasteiger partial charge < -0.3 is 21.1 Å². The predicted molar refractivity (Wildman–Crippen MR) is 106 cm³/mol. The molecule has 0 saturated carbocycles. The Balaban J connectivity index is 1.81. The maximum absolute atomic E-state index is 14.8. The van der Waals surface area contributed by atoms with Gasteiger partial charge in [0.1, 0.15) is 11.4 Å². The monoisotopic (exact) mass is 406 g/mol. The highest BCUT2D eigenvalue weighted by molar-refractivity contribution is 8.13. The number of rotatable bonds is 3. The fourth-order valence-electron chi connectivity index (χ4n) is 3.82. The Morgan fingerprint density at radius 2 is 2.07 bits per heavy atom. The zero-order valence-corrected chi connectivity index (χ0v) is 16.3. The molecular formula is C18H20F2N6OS. The summed E-state index contributed by atoms with van der Waals surface area (Å²) in [4.78, 5) is 15.0. The normalized spacial score (nSPS) is 24.1. The van der Waals surface area contributed by atoms with Crippen LogP contribution in [0.1, 0.15) is 11.3 Å². The van der Waals surface area contributed by atoms with E-state index in [1.807, 2.05) is 4.90 Å². The number of halogens is 2. The lowest BCUT2D eigenvalue weighted by Crippen LogP contribution is -2.40. The molecule has 1 aromatic carbocycles. The molecule has 4 N–H and O–H groups in total. The van der Waals surface area contributed by atoms with E-state index in [2.05, 4.69) is 15.0 Å². The molecule has 28 heavy (non-hydrogen) atoms. The number of fused-ring (bicyclic) bond motifs is 1. The molecule has 0 bridgehead atoms. The molecule has 0 spiro atoms. The minimum atomic E-state index is -0.909. The summed E-state index contributed by atoms with van der Waals surface area (Å²) < 4.78 is 33.9. The van der Waals surface area contributed by atoms with Crippen LogP contribution in [0.5, 0.6) is 5.88 Å². The minimum absolute atomic E-state index is 0.0407. The molecule has 0 amide bonds. The minimum Gasteiger partial charge on any atom is -0.479 e. The van der Waals surface area contributed by atoms with Crippen molar-refractivity contribution in [1.29, 1.82) is 0 Å². The van der Waals surface area contributed by atoms with Gasteiger partial charge in [-0.15, -0.1) is 0 Å². The summed E-state index contributed by atoms with van der Waals surface area (Å²) in [5.74, 6) is -0.180. The number of aromatic nitrogens is 2. The Kier molecular flexibility index (Phi) is 4.53. The first-order valence-electron chi connectivity index (χ1n) is 8.70. The van der Waals surface area contributed by atoms with Crippen molar-refractivity contribution in [1.82, 2.24) is 9.97 Å². The van der Waals surface area contributed by atoms with Crippen LogP contribution in [0.2, 0.25) is 0 Å². The van der Waals surface area contributed by atoms with Gasteiger partial charge in [0.2, 0.25) is 11.8 Å². The third-order valence-electron chi connectivity index (χ3n) is 5.20. The van der Waals surface area contributed by atoms with Gasteiger partial charge in [-0.2, -0.15) is 9.37 Å². The number of methoxy groups -OCH3 is 1. The van der Waals surface area contributed by atoms with Crippen molar-refractivity contribution in [3.8, 4) is 5.88 Å².